The maximum Gasteiger partial charge on any atom is 0.417 e. The molecule has 1 aliphatic heterocycles. The number of nitrogens with one attached hydrogen (secondary N) is 2. The van der Waals surface area contributed by atoms with Crippen LogP contribution in [0.3, 0.4) is 0 Å². The minimum Gasteiger partial charge on any atom is -0.465 e. The molecule has 1 aliphatic rings. The Bertz CT molecular complexity index is 1120. The van der Waals surface area contributed by atoms with Gasteiger partial charge < -0.3 is 15.3 Å². The number of amides is 2. The molecule has 3 rings (SSSR count). The summed E-state index contributed by atoms with van der Waals surface area (Å²) >= 11 is 0. The highest BCUT2D eigenvalue weighted by Crippen LogP contribution is 2.37. The average molecular weight is 485 g/mol. The van der Waals surface area contributed by atoms with Crippen molar-refractivity contribution in [3.63, 3.8) is 0 Å². The fraction of sp³-hybridized carbons (Fsp3) is 0.333. The molecule has 178 valence electrons. The van der Waals surface area contributed by atoms with E-state index < -0.39 is 51.2 Å². The summed E-state index contributed by atoms with van der Waals surface area (Å²) < 4.78 is 69.2. The summed E-state index contributed by atoms with van der Waals surface area (Å²) in [7, 11) is -4.50. The Kier molecular flexibility index (Phi) is 7.28. The fourth-order valence-corrected chi connectivity index (χ4v) is 5.10. The van der Waals surface area contributed by atoms with E-state index in [-0.39, 0.29) is 31.5 Å². The monoisotopic (exact) mass is 485 g/mol. The van der Waals surface area contributed by atoms with Gasteiger partial charge in [0.1, 0.15) is 6.54 Å². The van der Waals surface area contributed by atoms with Crippen LogP contribution in [0.15, 0.2) is 53.4 Å². The lowest BCUT2D eigenvalue weighted by atomic mass is 10.0. The average Bonchev–Trinajstić information content (AvgIpc) is 2.77. The molecule has 0 bridgehead atoms. The number of piperidine rings is 1. The van der Waals surface area contributed by atoms with Gasteiger partial charge in [-0.25, -0.2) is 17.9 Å². The van der Waals surface area contributed by atoms with E-state index in [1.807, 2.05) is 5.32 Å². The van der Waals surface area contributed by atoms with E-state index in [1.54, 1.807) is 30.3 Å². The highest BCUT2D eigenvalue weighted by molar-refractivity contribution is 7.89. The molecule has 8 nitrogen and oxygen atoms in total. The third-order valence-corrected chi connectivity index (χ3v) is 6.82. The second-order valence-corrected chi connectivity index (χ2v) is 9.19. The van der Waals surface area contributed by atoms with Crippen LogP contribution < -0.4 is 10.0 Å². The second-order valence-electron chi connectivity index (χ2n) is 7.51. The molecule has 3 N–H and O–H groups in total. The van der Waals surface area contributed by atoms with Crippen molar-refractivity contribution in [1.82, 2.24) is 14.9 Å². The van der Waals surface area contributed by atoms with E-state index in [0.717, 1.165) is 12.1 Å². The number of alkyl halides is 3. The molecule has 0 atom stereocenters. The molecule has 1 fully saturated rings. The predicted molar refractivity (Wildman–Crippen MR) is 113 cm³/mol. The predicted octanol–water partition coefficient (Wildman–Crippen LogP) is 2.91. The number of carbonyl (C=O) groups is 2. The summed E-state index contributed by atoms with van der Waals surface area (Å²) in [6.45, 7) is -0.118. The number of hydrogen-bond acceptors (Lipinski definition) is 4. The van der Waals surface area contributed by atoms with Gasteiger partial charge in [-0.3, -0.25) is 4.79 Å². The van der Waals surface area contributed by atoms with Crippen molar-refractivity contribution in [2.75, 3.05) is 19.6 Å². The van der Waals surface area contributed by atoms with Gasteiger partial charge in [-0.05, 0) is 36.1 Å². The first kappa shape index (κ1) is 24.5. The quantitative estimate of drug-likeness (QED) is 0.582. The van der Waals surface area contributed by atoms with Gasteiger partial charge in [-0.1, -0.05) is 36.4 Å². The summed E-state index contributed by atoms with van der Waals surface area (Å²) in [5.74, 6) is -0.463. The van der Waals surface area contributed by atoms with Gasteiger partial charge in [0.05, 0.1) is 10.5 Å². The largest absolute Gasteiger partial charge is 0.465 e. The van der Waals surface area contributed by atoms with Gasteiger partial charge in [0.15, 0.2) is 0 Å². The Hall–Kier alpha value is -3.12. The van der Waals surface area contributed by atoms with Crippen LogP contribution >= 0.6 is 0 Å². The normalized spacial score (nSPS) is 15.3. The number of carbonyl (C=O) groups excluding carboxylic acids is 1. The van der Waals surface area contributed by atoms with Crippen molar-refractivity contribution in [3.8, 4) is 11.1 Å². The van der Waals surface area contributed by atoms with Crippen LogP contribution in [0.1, 0.15) is 18.4 Å². The minimum absolute atomic E-state index is 0.145. The SMILES string of the molecule is O=C(O)NCC(=O)N1CCC(NS(=O)(=O)c2ccc(-c3ccccc3)cc2C(F)(F)F)CC1. The number of hydrogen-bond donors (Lipinski definition) is 3. The topological polar surface area (TPSA) is 116 Å². The summed E-state index contributed by atoms with van der Waals surface area (Å²) in [5, 5.41) is 10.5. The Balaban J connectivity index is 1.75. The molecule has 12 heteroatoms. The molecule has 1 saturated heterocycles. The third-order valence-electron chi connectivity index (χ3n) is 5.24. The van der Waals surface area contributed by atoms with Crippen LogP contribution in [-0.2, 0) is 21.0 Å². The Morgan fingerprint density at radius 1 is 1.03 bits per heavy atom. The van der Waals surface area contributed by atoms with Crippen molar-refractivity contribution in [1.29, 1.82) is 0 Å². The lowest BCUT2D eigenvalue weighted by Gasteiger charge is -2.32. The summed E-state index contributed by atoms with van der Waals surface area (Å²) in [6.07, 6.45) is -5.87. The van der Waals surface area contributed by atoms with E-state index in [4.69, 9.17) is 5.11 Å². The zero-order valence-corrected chi connectivity index (χ0v) is 18.1. The number of sulfonamides is 1. The molecule has 0 radical (unpaired) electrons. The maximum absolute atomic E-state index is 13.7. The number of rotatable bonds is 6. The van der Waals surface area contributed by atoms with Crippen LogP contribution in [-0.4, -0.2) is 56.1 Å². The van der Waals surface area contributed by atoms with Crippen LogP contribution in [0.4, 0.5) is 18.0 Å². The molecule has 0 aliphatic carbocycles. The molecule has 0 unspecified atom stereocenters. The molecule has 2 aromatic rings. The maximum atomic E-state index is 13.7. The van der Waals surface area contributed by atoms with Crippen molar-refractivity contribution in [3.05, 3.63) is 54.1 Å². The number of likely N-dealkylation sites (tertiary alicyclic amines) is 1. The van der Waals surface area contributed by atoms with E-state index in [2.05, 4.69) is 4.72 Å². The zero-order chi connectivity index (χ0) is 24.2. The van der Waals surface area contributed by atoms with Gasteiger partial charge in [0.25, 0.3) is 0 Å². The molecular formula is C21H22F3N3O5S. The first-order chi connectivity index (χ1) is 15.5. The first-order valence-corrected chi connectivity index (χ1v) is 11.5. The summed E-state index contributed by atoms with van der Waals surface area (Å²) in [5.41, 5.74) is -0.498. The van der Waals surface area contributed by atoms with Crippen LogP contribution in [0.5, 0.6) is 0 Å². The molecule has 33 heavy (non-hydrogen) atoms. The van der Waals surface area contributed by atoms with E-state index in [1.165, 1.54) is 11.0 Å². The number of carboxylic acid groups (broad SMARTS) is 1. The number of benzene rings is 2. The van der Waals surface area contributed by atoms with Crippen LogP contribution in [0.25, 0.3) is 11.1 Å². The Morgan fingerprint density at radius 2 is 1.67 bits per heavy atom. The molecular weight excluding hydrogens is 463 g/mol. The highest BCUT2D eigenvalue weighted by atomic mass is 32.2. The molecule has 2 amide bonds. The first-order valence-electron chi connectivity index (χ1n) is 10.0. The molecule has 1 heterocycles. The second kappa shape index (κ2) is 9.79. The molecule has 0 aromatic heterocycles. The van der Waals surface area contributed by atoms with Gasteiger partial charge in [0.2, 0.25) is 15.9 Å². The lowest BCUT2D eigenvalue weighted by Crippen LogP contribution is -2.49. The third kappa shape index (κ3) is 6.23. The van der Waals surface area contributed by atoms with Gasteiger partial charge in [0, 0.05) is 19.1 Å². The van der Waals surface area contributed by atoms with Crippen molar-refractivity contribution >= 4 is 22.0 Å². The molecule has 0 spiro atoms. The highest BCUT2D eigenvalue weighted by Gasteiger charge is 2.38. The minimum atomic E-state index is -4.89. The van der Waals surface area contributed by atoms with E-state index in [0.29, 0.717) is 5.56 Å². The number of nitrogens with zero attached hydrogens (tertiary/aromatic N) is 1. The van der Waals surface area contributed by atoms with Crippen molar-refractivity contribution < 1.29 is 36.3 Å². The molecule has 2 aromatic carbocycles. The number of halogens is 3. The standard InChI is InChI=1S/C21H22F3N3O5S/c22-21(23,24)17-12-15(14-4-2-1-3-5-14)6-7-18(17)33(31,32)26-16-8-10-27(11-9-16)19(28)13-25-20(29)30/h1-7,12,16,25-26H,8-11,13H2,(H,29,30). The van der Waals surface area contributed by atoms with Crippen molar-refractivity contribution in [2.45, 2.75) is 30.0 Å². The smallest absolute Gasteiger partial charge is 0.417 e. The van der Waals surface area contributed by atoms with Gasteiger partial charge >= 0.3 is 12.3 Å². The zero-order valence-electron chi connectivity index (χ0n) is 17.3. The van der Waals surface area contributed by atoms with Crippen molar-refractivity contribution in [2.24, 2.45) is 0 Å². The Morgan fingerprint density at radius 3 is 2.24 bits per heavy atom. The summed E-state index contributed by atoms with van der Waals surface area (Å²) in [6, 6.07) is 10.7. The molecule has 0 saturated carbocycles. The van der Waals surface area contributed by atoms with Crippen LogP contribution in [0, 0.1) is 0 Å². The fourth-order valence-electron chi connectivity index (χ4n) is 3.59. The lowest BCUT2D eigenvalue weighted by molar-refractivity contribution is -0.140. The van der Waals surface area contributed by atoms with Crippen LogP contribution in [0.2, 0.25) is 0 Å². The van der Waals surface area contributed by atoms with Gasteiger partial charge in [-0.15, -0.1) is 0 Å². The Labute approximate surface area is 188 Å². The van der Waals surface area contributed by atoms with E-state index >= 15 is 0 Å². The summed E-state index contributed by atoms with van der Waals surface area (Å²) in [4.78, 5) is 23.0. The van der Waals surface area contributed by atoms with Gasteiger partial charge in [-0.2, -0.15) is 13.2 Å². The van der Waals surface area contributed by atoms with E-state index in [9.17, 15) is 31.2 Å².